The van der Waals surface area contributed by atoms with E-state index in [4.69, 9.17) is 9.47 Å². The molecule has 0 spiro atoms. The summed E-state index contributed by atoms with van der Waals surface area (Å²) in [6.45, 7) is 4.30. The van der Waals surface area contributed by atoms with Crippen LogP contribution in [0.25, 0.3) is 5.76 Å². The fraction of sp³-hybridized carbons (Fsp3) is 0.185. The topological polar surface area (TPSA) is 76.1 Å². The minimum absolute atomic E-state index is 0.0105. The number of carbonyl (C=O) groups excluding carboxylic acids is 2. The molecule has 1 saturated heterocycles. The third kappa shape index (κ3) is 4.31. The normalized spacial score (nSPS) is 17.2. The molecule has 0 bridgehead atoms. The molecular weight excluding hydrogens is 498 g/mol. The number of amides is 1. The van der Waals surface area contributed by atoms with E-state index in [1.54, 1.807) is 42.5 Å². The van der Waals surface area contributed by atoms with Crippen LogP contribution >= 0.6 is 15.9 Å². The van der Waals surface area contributed by atoms with E-state index in [0.717, 1.165) is 5.56 Å². The Hall–Kier alpha value is -3.58. The zero-order valence-corrected chi connectivity index (χ0v) is 20.6. The molecule has 1 atom stereocenters. The van der Waals surface area contributed by atoms with E-state index >= 15 is 0 Å². The first kappa shape index (κ1) is 23.6. The van der Waals surface area contributed by atoms with Crippen molar-refractivity contribution in [2.75, 3.05) is 18.6 Å². The van der Waals surface area contributed by atoms with Gasteiger partial charge in [-0.15, -0.1) is 0 Å². The second kappa shape index (κ2) is 9.73. The Bertz CT molecular complexity index is 1280. The first-order valence-corrected chi connectivity index (χ1v) is 11.6. The summed E-state index contributed by atoms with van der Waals surface area (Å²) in [5.74, 6) is -0.524. The number of rotatable bonds is 6. The maximum atomic E-state index is 13.3. The number of ether oxygens (including phenoxy) is 2. The highest BCUT2D eigenvalue weighted by Crippen LogP contribution is 2.43. The number of nitrogens with zero attached hydrogens (tertiary/aromatic N) is 1. The lowest BCUT2D eigenvalue weighted by molar-refractivity contribution is -0.132. The molecule has 0 aromatic heterocycles. The van der Waals surface area contributed by atoms with Gasteiger partial charge in [0.25, 0.3) is 11.7 Å². The van der Waals surface area contributed by atoms with Gasteiger partial charge in [-0.2, -0.15) is 0 Å². The van der Waals surface area contributed by atoms with Crippen molar-refractivity contribution in [1.29, 1.82) is 0 Å². The van der Waals surface area contributed by atoms with Gasteiger partial charge >= 0.3 is 0 Å². The molecule has 34 heavy (non-hydrogen) atoms. The Morgan fingerprint density at radius 3 is 2.44 bits per heavy atom. The van der Waals surface area contributed by atoms with Crippen molar-refractivity contribution in [2.45, 2.75) is 19.9 Å². The van der Waals surface area contributed by atoms with Crippen LogP contribution in [0.3, 0.4) is 0 Å². The number of benzene rings is 3. The zero-order chi connectivity index (χ0) is 24.4. The molecule has 7 heteroatoms. The number of Topliss-reactive ketones (excluding diaryl/α,β-unsaturated/α-hetero) is 1. The van der Waals surface area contributed by atoms with Crippen molar-refractivity contribution in [3.8, 4) is 11.5 Å². The van der Waals surface area contributed by atoms with E-state index in [1.807, 2.05) is 38.1 Å². The SMILES string of the molecule is CCOc1cccc(C2/C(=C(\O)c3ccc(OC)c(Br)c3)C(=O)C(=O)N2c2ccc(C)cc2)c1. The molecule has 0 saturated carbocycles. The molecule has 4 rings (SSSR count). The van der Waals surface area contributed by atoms with Gasteiger partial charge in [0.2, 0.25) is 0 Å². The number of carbonyl (C=O) groups is 2. The standard InChI is InChI=1S/C27H24BrNO5/c1-4-34-20-7-5-6-17(14-20)24-23(25(30)18-10-13-22(33-3)21(28)15-18)26(31)27(32)29(24)19-11-8-16(2)9-12-19/h5-15,24,30H,4H2,1-3H3/b25-23+. The number of hydrogen-bond acceptors (Lipinski definition) is 5. The first-order valence-electron chi connectivity index (χ1n) is 10.8. The fourth-order valence-electron chi connectivity index (χ4n) is 4.03. The van der Waals surface area contributed by atoms with E-state index in [9.17, 15) is 14.7 Å². The summed E-state index contributed by atoms with van der Waals surface area (Å²) in [7, 11) is 1.54. The van der Waals surface area contributed by atoms with E-state index in [2.05, 4.69) is 15.9 Å². The van der Waals surface area contributed by atoms with Crippen molar-refractivity contribution in [3.05, 3.63) is 93.5 Å². The van der Waals surface area contributed by atoms with Crippen LogP contribution in [0, 0.1) is 6.92 Å². The number of methoxy groups -OCH3 is 1. The molecular formula is C27H24BrNO5. The lowest BCUT2D eigenvalue weighted by atomic mass is 9.95. The molecule has 3 aromatic rings. The Morgan fingerprint density at radius 1 is 1.06 bits per heavy atom. The van der Waals surface area contributed by atoms with Crippen LogP contribution in [-0.4, -0.2) is 30.5 Å². The Morgan fingerprint density at radius 2 is 1.79 bits per heavy atom. The number of halogens is 1. The summed E-state index contributed by atoms with van der Waals surface area (Å²) in [5, 5.41) is 11.3. The van der Waals surface area contributed by atoms with E-state index < -0.39 is 17.7 Å². The Kier molecular flexibility index (Phi) is 6.75. The third-order valence-electron chi connectivity index (χ3n) is 5.67. The average Bonchev–Trinajstić information content (AvgIpc) is 3.10. The van der Waals surface area contributed by atoms with Crippen LogP contribution in [0.1, 0.15) is 29.7 Å². The van der Waals surface area contributed by atoms with Gasteiger partial charge in [-0.1, -0.05) is 29.8 Å². The molecule has 1 aliphatic heterocycles. The maximum Gasteiger partial charge on any atom is 0.300 e. The number of aliphatic hydroxyl groups excluding tert-OH is 1. The molecule has 1 N–H and O–H groups in total. The smallest absolute Gasteiger partial charge is 0.300 e. The first-order chi connectivity index (χ1) is 16.3. The van der Waals surface area contributed by atoms with Crippen LogP contribution in [0.2, 0.25) is 0 Å². The maximum absolute atomic E-state index is 13.3. The van der Waals surface area contributed by atoms with Gasteiger partial charge in [0.15, 0.2) is 0 Å². The van der Waals surface area contributed by atoms with Crippen LogP contribution < -0.4 is 14.4 Å². The molecule has 3 aromatic carbocycles. The van der Waals surface area contributed by atoms with Gasteiger partial charge in [-0.25, -0.2) is 0 Å². The van der Waals surface area contributed by atoms with Crippen molar-refractivity contribution in [3.63, 3.8) is 0 Å². The van der Waals surface area contributed by atoms with E-state index in [1.165, 1.54) is 12.0 Å². The van der Waals surface area contributed by atoms with Gasteiger partial charge < -0.3 is 14.6 Å². The second-order valence-electron chi connectivity index (χ2n) is 7.86. The quantitative estimate of drug-likeness (QED) is 0.252. The van der Waals surface area contributed by atoms with Crippen LogP contribution in [0.15, 0.2) is 76.8 Å². The lowest BCUT2D eigenvalue weighted by Crippen LogP contribution is -2.29. The molecule has 174 valence electrons. The third-order valence-corrected chi connectivity index (χ3v) is 6.29. The minimum atomic E-state index is -0.830. The predicted molar refractivity (Wildman–Crippen MR) is 134 cm³/mol. The predicted octanol–water partition coefficient (Wildman–Crippen LogP) is 5.79. The molecule has 6 nitrogen and oxygen atoms in total. The summed E-state index contributed by atoms with van der Waals surface area (Å²) >= 11 is 3.42. The summed E-state index contributed by atoms with van der Waals surface area (Å²) in [4.78, 5) is 28.0. The largest absolute Gasteiger partial charge is 0.507 e. The zero-order valence-electron chi connectivity index (χ0n) is 19.0. The molecule has 0 radical (unpaired) electrons. The summed E-state index contributed by atoms with van der Waals surface area (Å²) in [6, 6.07) is 18.7. The second-order valence-corrected chi connectivity index (χ2v) is 8.71. The minimum Gasteiger partial charge on any atom is -0.507 e. The lowest BCUT2D eigenvalue weighted by Gasteiger charge is -2.26. The van der Waals surface area contributed by atoms with Crippen molar-refractivity contribution in [1.82, 2.24) is 0 Å². The van der Waals surface area contributed by atoms with Crippen LogP contribution in [0.4, 0.5) is 5.69 Å². The number of aryl methyl sites for hydroxylation is 1. The highest BCUT2D eigenvalue weighted by Gasteiger charge is 2.47. The highest BCUT2D eigenvalue weighted by molar-refractivity contribution is 9.10. The molecule has 1 heterocycles. The van der Waals surface area contributed by atoms with Crippen molar-refractivity contribution < 1.29 is 24.2 Å². The molecule has 1 aliphatic rings. The summed E-state index contributed by atoms with van der Waals surface area (Å²) < 4.78 is 11.5. The van der Waals surface area contributed by atoms with Gasteiger partial charge in [0, 0.05) is 11.3 Å². The van der Waals surface area contributed by atoms with Crippen LogP contribution in [0.5, 0.6) is 11.5 Å². The molecule has 1 fully saturated rings. The number of hydrogen-bond donors (Lipinski definition) is 1. The van der Waals surface area contributed by atoms with Crippen LogP contribution in [-0.2, 0) is 9.59 Å². The highest BCUT2D eigenvalue weighted by atomic mass is 79.9. The fourth-order valence-corrected chi connectivity index (χ4v) is 4.57. The van der Waals surface area contributed by atoms with E-state index in [0.29, 0.717) is 39.4 Å². The summed E-state index contributed by atoms with van der Waals surface area (Å²) in [6.07, 6.45) is 0. The number of aliphatic hydroxyl groups is 1. The number of ketones is 1. The Balaban J connectivity index is 1.93. The number of anilines is 1. The molecule has 1 unspecified atom stereocenters. The average molecular weight is 522 g/mol. The van der Waals surface area contributed by atoms with Gasteiger partial charge in [0.1, 0.15) is 17.3 Å². The molecule has 1 amide bonds. The molecule has 0 aliphatic carbocycles. The van der Waals surface area contributed by atoms with E-state index in [-0.39, 0.29) is 11.3 Å². The monoisotopic (exact) mass is 521 g/mol. The van der Waals surface area contributed by atoms with Crippen molar-refractivity contribution >= 4 is 39.1 Å². The van der Waals surface area contributed by atoms with Gasteiger partial charge in [-0.05, 0) is 77.8 Å². The Labute approximate surface area is 206 Å². The van der Waals surface area contributed by atoms with Crippen molar-refractivity contribution in [2.24, 2.45) is 0 Å². The summed E-state index contributed by atoms with van der Waals surface area (Å²) in [5.41, 5.74) is 2.64. The van der Waals surface area contributed by atoms with Gasteiger partial charge in [-0.3, -0.25) is 14.5 Å². The van der Waals surface area contributed by atoms with Gasteiger partial charge in [0.05, 0.1) is 29.8 Å².